The fourth-order valence-electron chi connectivity index (χ4n) is 0.413. The zero-order valence-electron chi connectivity index (χ0n) is 5.67. The summed E-state index contributed by atoms with van der Waals surface area (Å²) >= 11 is 3.00. The van der Waals surface area contributed by atoms with Crippen LogP contribution in [0.15, 0.2) is 0 Å². The molecule has 0 N–H and O–H groups in total. The van der Waals surface area contributed by atoms with Crippen molar-refractivity contribution in [3.8, 4) is 0 Å². The fraction of sp³-hybridized carbons (Fsp3) is 0.667. The molecule has 1 atom stereocenters. The van der Waals surface area contributed by atoms with Gasteiger partial charge in [0.05, 0.1) is 6.61 Å². The van der Waals surface area contributed by atoms with Crippen LogP contribution in [-0.4, -0.2) is 23.7 Å². The summed E-state index contributed by atoms with van der Waals surface area (Å²) in [4.78, 5) is 20.1. The van der Waals surface area contributed by atoms with E-state index in [1.54, 1.807) is 6.92 Å². The van der Waals surface area contributed by atoms with Gasteiger partial charge in [0.1, 0.15) is 11.1 Å². The number of esters is 1. The molecule has 0 amide bonds. The Morgan fingerprint density at radius 1 is 1.80 bits per heavy atom. The van der Waals surface area contributed by atoms with Crippen molar-refractivity contribution in [2.24, 2.45) is 0 Å². The first-order valence-corrected chi connectivity index (χ1v) is 3.88. The van der Waals surface area contributed by atoms with E-state index < -0.39 is 4.83 Å². The topological polar surface area (TPSA) is 43.4 Å². The normalized spacial score (nSPS) is 12.2. The van der Waals surface area contributed by atoms with Crippen LogP contribution in [0.2, 0.25) is 0 Å². The number of ether oxygens (including phenoxy) is 1. The van der Waals surface area contributed by atoms with E-state index in [1.807, 2.05) is 0 Å². The minimum Gasteiger partial charge on any atom is -0.465 e. The quantitative estimate of drug-likeness (QED) is 0.392. The predicted octanol–water partition coefficient (Wildman–Crippen LogP) is 0.902. The standard InChI is InChI=1S/C6H9BrO3/c1-2-10-6(9)5(7)3-4-8/h4-5H,2-3H2,1H3. The molecular weight excluding hydrogens is 200 g/mol. The zero-order valence-corrected chi connectivity index (χ0v) is 7.26. The van der Waals surface area contributed by atoms with Crippen molar-refractivity contribution >= 4 is 28.2 Å². The lowest BCUT2D eigenvalue weighted by Crippen LogP contribution is -2.17. The van der Waals surface area contributed by atoms with Gasteiger partial charge in [0.2, 0.25) is 0 Å². The Kier molecular flexibility index (Phi) is 5.20. The second-order valence-corrected chi connectivity index (χ2v) is 2.73. The maximum absolute atomic E-state index is 10.7. The molecule has 0 aliphatic rings. The minimum atomic E-state index is -0.482. The third-order valence-electron chi connectivity index (χ3n) is 0.846. The second-order valence-electron chi connectivity index (χ2n) is 1.62. The van der Waals surface area contributed by atoms with Crippen molar-refractivity contribution in [2.75, 3.05) is 6.61 Å². The van der Waals surface area contributed by atoms with Gasteiger partial charge in [-0.15, -0.1) is 0 Å². The molecule has 0 aliphatic carbocycles. The van der Waals surface area contributed by atoms with E-state index in [2.05, 4.69) is 20.7 Å². The van der Waals surface area contributed by atoms with Crippen LogP contribution in [0, 0.1) is 0 Å². The van der Waals surface area contributed by atoms with Gasteiger partial charge < -0.3 is 9.53 Å². The Morgan fingerprint density at radius 3 is 2.80 bits per heavy atom. The maximum atomic E-state index is 10.7. The van der Waals surface area contributed by atoms with E-state index in [1.165, 1.54) is 0 Å². The maximum Gasteiger partial charge on any atom is 0.320 e. The summed E-state index contributed by atoms with van der Waals surface area (Å²) in [5.41, 5.74) is 0. The number of hydrogen-bond acceptors (Lipinski definition) is 3. The number of carbonyl (C=O) groups excluding carboxylic acids is 2. The summed E-state index contributed by atoms with van der Waals surface area (Å²) in [6, 6.07) is 0. The van der Waals surface area contributed by atoms with Gasteiger partial charge in [-0.3, -0.25) is 4.79 Å². The number of aldehydes is 1. The zero-order chi connectivity index (χ0) is 7.98. The first-order valence-electron chi connectivity index (χ1n) is 2.96. The predicted molar refractivity (Wildman–Crippen MR) is 40.0 cm³/mol. The average molecular weight is 209 g/mol. The number of rotatable bonds is 4. The smallest absolute Gasteiger partial charge is 0.320 e. The van der Waals surface area contributed by atoms with Crippen LogP contribution in [0.4, 0.5) is 0 Å². The Balaban J connectivity index is 3.58. The van der Waals surface area contributed by atoms with Gasteiger partial charge in [0, 0.05) is 6.42 Å². The molecule has 1 unspecified atom stereocenters. The molecule has 0 rings (SSSR count). The highest BCUT2D eigenvalue weighted by atomic mass is 79.9. The summed E-state index contributed by atoms with van der Waals surface area (Å²) in [5, 5.41) is 0. The van der Waals surface area contributed by atoms with E-state index in [0.717, 1.165) is 0 Å². The second kappa shape index (κ2) is 5.41. The Morgan fingerprint density at radius 2 is 2.40 bits per heavy atom. The summed E-state index contributed by atoms with van der Waals surface area (Å²) in [5.74, 6) is -0.380. The summed E-state index contributed by atoms with van der Waals surface area (Å²) in [6.07, 6.45) is 0.842. The molecule has 0 aromatic carbocycles. The molecule has 0 radical (unpaired) electrons. The van der Waals surface area contributed by atoms with Crippen LogP contribution >= 0.6 is 15.9 Å². The highest BCUT2D eigenvalue weighted by Crippen LogP contribution is 2.04. The fourth-order valence-corrected chi connectivity index (χ4v) is 0.698. The van der Waals surface area contributed by atoms with Crippen LogP contribution < -0.4 is 0 Å². The first-order chi connectivity index (χ1) is 4.72. The van der Waals surface area contributed by atoms with Crippen molar-refractivity contribution in [1.29, 1.82) is 0 Å². The van der Waals surface area contributed by atoms with Crippen molar-refractivity contribution in [3.05, 3.63) is 0 Å². The van der Waals surface area contributed by atoms with Gasteiger partial charge in [-0.1, -0.05) is 15.9 Å². The Labute approximate surface area is 67.9 Å². The van der Waals surface area contributed by atoms with E-state index in [0.29, 0.717) is 12.9 Å². The molecule has 10 heavy (non-hydrogen) atoms. The molecular formula is C6H9BrO3. The van der Waals surface area contributed by atoms with Crippen LogP contribution in [0.1, 0.15) is 13.3 Å². The third kappa shape index (κ3) is 3.61. The lowest BCUT2D eigenvalue weighted by Gasteiger charge is -2.03. The van der Waals surface area contributed by atoms with Gasteiger partial charge in [0.15, 0.2) is 0 Å². The Hall–Kier alpha value is -0.380. The van der Waals surface area contributed by atoms with Gasteiger partial charge in [-0.25, -0.2) is 0 Å². The summed E-state index contributed by atoms with van der Waals surface area (Å²) < 4.78 is 4.61. The lowest BCUT2D eigenvalue weighted by atomic mass is 10.3. The lowest BCUT2D eigenvalue weighted by molar-refractivity contribution is -0.142. The molecule has 58 valence electrons. The van der Waals surface area contributed by atoms with Gasteiger partial charge in [-0.05, 0) is 6.92 Å². The molecule has 0 aliphatic heterocycles. The van der Waals surface area contributed by atoms with Gasteiger partial charge in [-0.2, -0.15) is 0 Å². The monoisotopic (exact) mass is 208 g/mol. The number of hydrogen-bond donors (Lipinski definition) is 0. The number of halogens is 1. The molecule has 0 spiro atoms. The van der Waals surface area contributed by atoms with Crippen LogP contribution in [0.3, 0.4) is 0 Å². The van der Waals surface area contributed by atoms with Crippen molar-refractivity contribution in [2.45, 2.75) is 18.2 Å². The van der Waals surface area contributed by atoms with E-state index >= 15 is 0 Å². The minimum absolute atomic E-state index is 0.166. The van der Waals surface area contributed by atoms with Crippen LogP contribution in [-0.2, 0) is 14.3 Å². The molecule has 0 aromatic heterocycles. The summed E-state index contributed by atoms with van der Waals surface area (Å²) in [7, 11) is 0. The molecule has 0 heterocycles. The van der Waals surface area contributed by atoms with E-state index in [4.69, 9.17) is 0 Å². The molecule has 0 saturated carbocycles. The van der Waals surface area contributed by atoms with Gasteiger partial charge in [0.25, 0.3) is 0 Å². The van der Waals surface area contributed by atoms with E-state index in [-0.39, 0.29) is 12.4 Å². The third-order valence-corrected chi connectivity index (χ3v) is 1.59. The van der Waals surface area contributed by atoms with E-state index in [9.17, 15) is 9.59 Å². The number of carbonyl (C=O) groups is 2. The first kappa shape index (κ1) is 9.62. The number of alkyl halides is 1. The molecule has 3 nitrogen and oxygen atoms in total. The Bertz CT molecular complexity index is 124. The summed E-state index contributed by atoms with van der Waals surface area (Å²) in [6.45, 7) is 2.07. The van der Waals surface area contributed by atoms with Crippen molar-refractivity contribution in [3.63, 3.8) is 0 Å². The molecule has 0 aromatic rings. The van der Waals surface area contributed by atoms with Crippen LogP contribution in [0.5, 0.6) is 0 Å². The molecule has 4 heteroatoms. The van der Waals surface area contributed by atoms with Crippen molar-refractivity contribution < 1.29 is 14.3 Å². The van der Waals surface area contributed by atoms with Crippen molar-refractivity contribution in [1.82, 2.24) is 0 Å². The van der Waals surface area contributed by atoms with Crippen LogP contribution in [0.25, 0.3) is 0 Å². The SMILES string of the molecule is CCOC(=O)C(Br)CC=O. The largest absolute Gasteiger partial charge is 0.465 e. The highest BCUT2D eigenvalue weighted by Gasteiger charge is 2.14. The average Bonchev–Trinajstić information content (AvgIpc) is 1.89. The van der Waals surface area contributed by atoms with Gasteiger partial charge >= 0.3 is 5.97 Å². The molecule has 0 fully saturated rings. The highest BCUT2D eigenvalue weighted by molar-refractivity contribution is 9.10. The molecule has 0 saturated heterocycles. The molecule has 0 bridgehead atoms.